The predicted molar refractivity (Wildman–Crippen MR) is 142 cm³/mol. The maximum atomic E-state index is 13.5. The molecule has 5 rings (SSSR count). The van der Waals surface area contributed by atoms with E-state index in [1.54, 1.807) is 23.8 Å². The van der Waals surface area contributed by atoms with E-state index in [0.717, 1.165) is 43.8 Å². The Balaban J connectivity index is 1.39. The molecular formula is C29H25N3O2S. The highest BCUT2D eigenvalue weighted by atomic mass is 32.2. The Hall–Kier alpha value is -4.03. The van der Waals surface area contributed by atoms with Gasteiger partial charge in [-0.15, -0.1) is 0 Å². The molecule has 5 nitrogen and oxygen atoms in total. The number of nitrogens with zero attached hydrogens (tertiary/aromatic N) is 2. The Morgan fingerprint density at radius 1 is 0.829 bits per heavy atom. The predicted octanol–water partition coefficient (Wildman–Crippen LogP) is 6.06. The van der Waals surface area contributed by atoms with Crippen LogP contribution in [-0.2, 0) is 11.2 Å². The molecule has 6 heteroatoms. The SMILES string of the molecule is COc1ccc(C(Cc2ccccc2)=NNCC(=O)N2c3ccccc3Sc3ccccc32)cc1. The topological polar surface area (TPSA) is 53.9 Å². The zero-order chi connectivity index (χ0) is 24.0. The number of hydrogen-bond acceptors (Lipinski definition) is 5. The number of anilines is 2. The Morgan fingerprint density at radius 3 is 2.06 bits per heavy atom. The summed E-state index contributed by atoms with van der Waals surface area (Å²) in [5, 5.41) is 4.66. The van der Waals surface area contributed by atoms with Crippen LogP contribution < -0.4 is 15.1 Å². The lowest BCUT2D eigenvalue weighted by Crippen LogP contribution is -2.35. The van der Waals surface area contributed by atoms with Crippen LogP contribution in [0.25, 0.3) is 0 Å². The van der Waals surface area contributed by atoms with Crippen LogP contribution in [0.5, 0.6) is 5.75 Å². The molecule has 1 heterocycles. The first-order chi connectivity index (χ1) is 17.2. The number of fused-ring (bicyclic) bond motifs is 2. The Morgan fingerprint density at radius 2 is 1.43 bits per heavy atom. The third kappa shape index (κ3) is 5.08. The van der Waals surface area contributed by atoms with Crippen LogP contribution in [0, 0.1) is 0 Å². The van der Waals surface area contributed by atoms with E-state index >= 15 is 0 Å². The largest absolute Gasteiger partial charge is 0.497 e. The number of hydrazone groups is 1. The smallest absolute Gasteiger partial charge is 0.252 e. The van der Waals surface area contributed by atoms with Crippen molar-refractivity contribution in [3.8, 4) is 5.75 Å². The molecule has 0 fully saturated rings. The summed E-state index contributed by atoms with van der Waals surface area (Å²) in [6, 6.07) is 33.9. The molecule has 35 heavy (non-hydrogen) atoms. The number of carbonyl (C=O) groups is 1. The maximum absolute atomic E-state index is 13.5. The van der Waals surface area contributed by atoms with Crippen molar-refractivity contribution in [3.05, 3.63) is 114 Å². The van der Waals surface area contributed by atoms with E-state index in [4.69, 9.17) is 4.74 Å². The zero-order valence-electron chi connectivity index (χ0n) is 19.3. The minimum Gasteiger partial charge on any atom is -0.497 e. The molecule has 1 aliphatic heterocycles. The van der Waals surface area contributed by atoms with E-state index in [1.165, 1.54) is 0 Å². The van der Waals surface area contributed by atoms with Crippen LogP contribution in [0.2, 0.25) is 0 Å². The summed E-state index contributed by atoms with van der Waals surface area (Å²) in [4.78, 5) is 17.4. The normalized spacial score (nSPS) is 12.5. The van der Waals surface area contributed by atoms with E-state index in [1.807, 2.05) is 91.0 Å². The minimum atomic E-state index is -0.0669. The highest BCUT2D eigenvalue weighted by Crippen LogP contribution is 2.47. The molecule has 1 amide bonds. The molecule has 0 atom stereocenters. The van der Waals surface area contributed by atoms with Crippen molar-refractivity contribution in [3.63, 3.8) is 0 Å². The number of methoxy groups -OCH3 is 1. The maximum Gasteiger partial charge on any atom is 0.252 e. The lowest BCUT2D eigenvalue weighted by molar-refractivity contribution is -0.117. The summed E-state index contributed by atoms with van der Waals surface area (Å²) < 4.78 is 5.30. The first-order valence-corrected chi connectivity index (χ1v) is 12.2. The second kappa shape index (κ2) is 10.5. The zero-order valence-corrected chi connectivity index (χ0v) is 20.2. The molecule has 0 saturated heterocycles. The van der Waals surface area contributed by atoms with Gasteiger partial charge in [0.05, 0.1) is 24.2 Å². The second-order valence-corrected chi connectivity index (χ2v) is 9.13. The van der Waals surface area contributed by atoms with Crippen LogP contribution in [-0.4, -0.2) is 25.3 Å². The highest BCUT2D eigenvalue weighted by Gasteiger charge is 2.27. The number of hydrogen-bond donors (Lipinski definition) is 1. The molecule has 0 aromatic heterocycles. The standard InChI is InChI=1S/C29H25N3O2S/c1-34-23-17-15-22(16-18-23)24(19-21-9-3-2-4-10-21)31-30-20-29(33)32-25-11-5-7-13-27(25)35-28-14-8-6-12-26(28)32/h2-18,30H,19-20H2,1H3. The van der Waals surface area contributed by atoms with Crippen molar-refractivity contribution in [1.29, 1.82) is 0 Å². The molecule has 0 bridgehead atoms. The molecule has 1 N–H and O–H groups in total. The summed E-state index contributed by atoms with van der Waals surface area (Å²) in [5.41, 5.74) is 7.81. The van der Waals surface area contributed by atoms with Crippen molar-refractivity contribution >= 4 is 34.8 Å². The average Bonchev–Trinajstić information content (AvgIpc) is 2.91. The van der Waals surface area contributed by atoms with Gasteiger partial charge in [0.25, 0.3) is 5.91 Å². The van der Waals surface area contributed by atoms with Crippen molar-refractivity contribution in [2.75, 3.05) is 18.6 Å². The number of carbonyl (C=O) groups excluding carboxylic acids is 1. The van der Waals surface area contributed by atoms with Crippen molar-refractivity contribution < 1.29 is 9.53 Å². The minimum absolute atomic E-state index is 0.0669. The Bertz CT molecular complexity index is 1310. The Labute approximate surface area is 209 Å². The van der Waals surface area contributed by atoms with Gasteiger partial charge >= 0.3 is 0 Å². The van der Waals surface area contributed by atoms with E-state index in [0.29, 0.717) is 6.42 Å². The first-order valence-electron chi connectivity index (χ1n) is 11.4. The van der Waals surface area contributed by atoms with Crippen LogP contribution in [0.1, 0.15) is 11.1 Å². The summed E-state index contributed by atoms with van der Waals surface area (Å²) in [7, 11) is 1.65. The van der Waals surface area contributed by atoms with E-state index < -0.39 is 0 Å². The highest BCUT2D eigenvalue weighted by molar-refractivity contribution is 7.99. The molecular weight excluding hydrogens is 454 g/mol. The fourth-order valence-electron chi connectivity index (χ4n) is 4.03. The molecule has 174 valence electrons. The van der Waals surface area contributed by atoms with E-state index in [2.05, 4.69) is 22.7 Å². The molecule has 4 aromatic rings. The van der Waals surface area contributed by atoms with Gasteiger partial charge in [0.15, 0.2) is 0 Å². The number of nitrogens with one attached hydrogen (secondary N) is 1. The molecule has 4 aromatic carbocycles. The number of benzene rings is 4. The summed E-state index contributed by atoms with van der Waals surface area (Å²) in [6.07, 6.45) is 0.639. The number of rotatable bonds is 7. The first kappa shape index (κ1) is 22.7. The van der Waals surface area contributed by atoms with Gasteiger partial charge in [-0.25, -0.2) is 0 Å². The van der Waals surface area contributed by atoms with Crippen LogP contribution >= 0.6 is 11.8 Å². The monoisotopic (exact) mass is 479 g/mol. The third-order valence-corrected chi connectivity index (χ3v) is 6.89. The lowest BCUT2D eigenvalue weighted by atomic mass is 10.0. The van der Waals surface area contributed by atoms with Crippen LogP contribution in [0.4, 0.5) is 11.4 Å². The number of para-hydroxylation sites is 2. The molecule has 0 unspecified atom stereocenters. The summed E-state index contributed by atoms with van der Waals surface area (Å²) >= 11 is 1.68. The second-order valence-electron chi connectivity index (χ2n) is 8.05. The fraction of sp³-hybridized carbons (Fsp3) is 0.103. The molecule has 0 aliphatic carbocycles. The quantitative estimate of drug-likeness (QED) is 0.259. The van der Waals surface area contributed by atoms with Gasteiger partial charge < -0.3 is 10.2 Å². The lowest BCUT2D eigenvalue weighted by Gasteiger charge is -2.31. The number of ether oxygens (including phenoxy) is 1. The Kier molecular flexibility index (Phi) is 6.82. The van der Waals surface area contributed by atoms with E-state index in [-0.39, 0.29) is 12.5 Å². The van der Waals surface area contributed by atoms with Crippen molar-refractivity contribution in [1.82, 2.24) is 5.43 Å². The van der Waals surface area contributed by atoms with Crippen molar-refractivity contribution in [2.24, 2.45) is 5.10 Å². The van der Waals surface area contributed by atoms with E-state index in [9.17, 15) is 4.79 Å². The third-order valence-electron chi connectivity index (χ3n) is 5.76. The van der Waals surface area contributed by atoms with Crippen LogP contribution in [0.3, 0.4) is 0 Å². The van der Waals surface area contributed by atoms with Gasteiger partial charge in [0, 0.05) is 16.2 Å². The molecule has 0 spiro atoms. The molecule has 0 saturated carbocycles. The van der Waals surface area contributed by atoms with Crippen molar-refractivity contribution in [2.45, 2.75) is 16.2 Å². The van der Waals surface area contributed by atoms with Gasteiger partial charge in [-0.1, -0.05) is 66.4 Å². The summed E-state index contributed by atoms with van der Waals surface area (Å²) in [6.45, 7) is 0.0712. The van der Waals surface area contributed by atoms with Gasteiger partial charge in [-0.2, -0.15) is 5.10 Å². The average molecular weight is 480 g/mol. The summed E-state index contributed by atoms with van der Waals surface area (Å²) in [5.74, 6) is 0.721. The van der Waals surface area contributed by atoms with Gasteiger partial charge in [-0.05, 0) is 59.7 Å². The van der Waals surface area contributed by atoms with Crippen LogP contribution in [0.15, 0.2) is 118 Å². The van der Waals surface area contributed by atoms with Gasteiger partial charge in [0.1, 0.15) is 12.3 Å². The fourth-order valence-corrected chi connectivity index (χ4v) is 5.09. The molecule has 1 aliphatic rings. The number of amides is 1. The van der Waals surface area contributed by atoms with Gasteiger partial charge in [-0.3, -0.25) is 9.69 Å². The molecule has 0 radical (unpaired) electrons. The van der Waals surface area contributed by atoms with Gasteiger partial charge in [0.2, 0.25) is 0 Å².